The molecule has 160 valence electrons. The normalized spacial score (nSPS) is 12.5. The van der Waals surface area contributed by atoms with E-state index < -0.39 is 17.4 Å². The van der Waals surface area contributed by atoms with Crippen molar-refractivity contribution in [1.29, 1.82) is 0 Å². The standard InChI is InChI=1S/C25H27N3O3/c1-2-3-19-25(31,23(29)26-20-13-7-4-8-14-20)24(30)28(22-17-11-6-12-18-22)27-21-15-9-5-10-16-21/h4-18,27,31H,2-3,19H2,1H3,(H,26,29). The summed E-state index contributed by atoms with van der Waals surface area (Å²) in [7, 11) is 0. The Hall–Kier alpha value is -3.64. The largest absolute Gasteiger partial charge is 0.372 e. The lowest BCUT2D eigenvalue weighted by atomic mass is 9.93. The van der Waals surface area contributed by atoms with E-state index in [9.17, 15) is 14.7 Å². The van der Waals surface area contributed by atoms with Crippen molar-refractivity contribution in [1.82, 2.24) is 0 Å². The second-order valence-corrected chi connectivity index (χ2v) is 7.24. The fourth-order valence-electron chi connectivity index (χ4n) is 3.14. The van der Waals surface area contributed by atoms with Crippen LogP contribution in [0.2, 0.25) is 0 Å². The number of para-hydroxylation sites is 3. The van der Waals surface area contributed by atoms with Crippen molar-refractivity contribution < 1.29 is 14.7 Å². The third-order valence-electron chi connectivity index (χ3n) is 4.89. The van der Waals surface area contributed by atoms with E-state index in [1.54, 1.807) is 60.7 Å². The van der Waals surface area contributed by atoms with Gasteiger partial charge in [0.25, 0.3) is 11.8 Å². The van der Waals surface area contributed by atoms with Gasteiger partial charge < -0.3 is 10.4 Å². The lowest BCUT2D eigenvalue weighted by molar-refractivity contribution is -0.149. The van der Waals surface area contributed by atoms with Crippen molar-refractivity contribution in [3.63, 3.8) is 0 Å². The van der Waals surface area contributed by atoms with Crippen molar-refractivity contribution in [2.45, 2.75) is 31.8 Å². The fraction of sp³-hybridized carbons (Fsp3) is 0.200. The lowest BCUT2D eigenvalue weighted by Crippen LogP contribution is -2.58. The summed E-state index contributed by atoms with van der Waals surface area (Å²) in [6.45, 7) is 1.94. The first kappa shape index (κ1) is 22.1. The minimum Gasteiger partial charge on any atom is -0.372 e. The van der Waals surface area contributed by atoms with E-state index in [4.69, 9.17) is 0 Å². The monoisotopic (exact) mass is 417 g/mol. The van der Waals surface area contributed by atoms with Crippen LogP contribution in [-0.4, -0.2) is 22.5 Å². The molecule has 3 aromatic carbocycles. The minimum absolute atomic E-state index is 0.000797. The summed E-state index contributed by atoms with van der Waals surface area (Å²) < 4.78 is 0. The van der Waals surface area contributed by atoms with Crippen molar-refractivity contribution in [2.24, 2.45) is 0 Å². The third kappa shape index (κ3) is 5.49. The Kier molecular flexibility index (Phi) is 7.40. The lowest BCUT2D eigenvalue weighted by Gasteiger charge is -2.33. The van der Waals surface area contributed by atoms with E-state index in [-0.39, 0.29) is 6.42 Å². The van der Waals surface area contributed by atoms with Gasteiger partial charge in [-0.05, 0) is 49.2 Å². The van der Waals surface area contributed by atoms with E-state index in [1.165, 1.54) is 5.01 Å². The zero-order valence-electron chi connectivity index (χ0n) is 17.5. The van der Waals surface area contributed by atoms with Gasteiger partial charge in [0.15, 0.2) is 0 Å². The number of benzene rings is 3. The van der Waals surface area contributed by atoms with Crippen LogP contribution >= 0.6 is 0 Å². The molecule has 0 radical (unpaired) electrons. The predicted molar refractivity (Wildman–Crippen MR) is 124 cm³/mol. The number of nitrogens with one attached hydrogen (secondary N) is 2. The first-order valence-corrected chi connectivity index (χ1v) is 10.3. The molecule has 0 saturated heterocycles. The zero-order chi connectivity index (χ0) is 22.1. The molecule has 0 aliphatic carbocycles. The molecule has 0 fully saturated rings. The predicted octanol–water partition coefficient (Wildman–Crippen LogP) is 4.61. The van der Waals surface area contributed by atoms with Crippen LogP contribution in [0.4, 0.5) is 17.1 Å². The quantitative estimate of drug-likeness (QED) is 0.351. The Labute approximate surface area is 182 Å². The van der Waals surface area contributed by atoms with Crippen molar-refractivity contribution in [2.75, 3.05) is 15.8 Å². The number of anilines is 3. The summed E-state index contributed by atoms with van der Waals surface area (Å²) in [5, 5.41) is 15.3. The molecule has 1 atom stereocenters. The molecule has 1 unspecified atom stereocenters. The number of carbonyl (C=O) groups is 2. The highest BCUT2D eigenvalue weighted by molar-refractivity contribution is 6.18. The van der Waals surface area contributed by atoms with Crippen LogP contribution in [-0.2, 0) is 9.59 Å². The molecule has 6 heteroatoms. The molecular formula is C25H27N3O3. The Bertz CT molecular complexity index is 981. The van der Waals surface area contributed by atoms with E-state index in [0.29, 0.717) is 23.5 Å². The fourth-order valence-corrected chi connectivity index (χ4v) is 3.14. The maximum Gasteiger partial charge on any atom is 0.287 e. The molecule has 0 saturated carbocycles. The molecule has 2 amide bonds. The Morgan fingerprint density at radius 2 is 1.35 bits per heavy atom. The highest BCUT2D eigenvalue weighted by Gasteiger charge is 2.46. The third-order valence-corrected chi connectivity index (χ3v) is 4.89. The van der Waals surface area contributed by atoms with Gasteiger partial charge in [0.1, 0.15) is 0 Å². The number of hydrazine groups is 1. The summed E-state index contributed by atoms with van der Waals surface area (Å²) in [5.74, 6) is -1.50. The number of rotatable bonds is 9. The smallest absolute Gasteiger partial charge is 0.287 e. The molecule has 0 aliphatic heterocycles. The molecule has 0 bridgehead atoms. The Balaban J connectivity index is 1.95. The van der Waals surface area contributed by atoms with Gasteiger partial charge in [-0.1, -0.05) is 67.9 Å². The number of amides is 2. The molecule has 0 spiro atoms. The van der Waals surface area contributed by atoms with Gasteiger partial charge in [-0.25, -0.2) is 5.01 Å². The first-order chi connectivity index (χ1) is 15.0. The second-order valence-electron chi connectivity index (χ2n) is 7.24. The number of hydrogen-bond donors (Lipinski definition) is 3. The van der Waals surface area contributed by atoms with E-state index >= 15 is 0 Å². The average Bonchev–Trinajstić information content (AvgIpc) is 2.82. The molecule has 3 aromatic rings. The number of nitrogens with zero attached hydrogens (tertiary/aromatic N) is 1. The molecule has 3 N–H and O–H groups in total. The highest BCUT2D eigenvalue weighted by atomic mass is 16.3. The Morgan fingerprint density at radius 1 is 0.839 bits per heavy atom. The Morgan fingerprint density at radius 3 is 1.90 bits per heavy atom. The van der Waals surface area contributed by atoms with Gasteiger partial charge in [-0.2, -0.15) is 0 Å². The van der Waals surface area contributed by atoms with Crippen molar-refractivity contribution >= 4 is 28.9 Å². The SMILES string of the molecule is CCCCC(O)(C(=O)Nc1ccccc1)C(=O)N(Nc1ccccc1)c1ccccc1. The molecular weight excluding hydrogens is 390 g/mol. The summed E-state index contributed by atoms with van der Waals surface area (Å²) in [6, 6.07) is 26.8. The molecule has 0 heterocycles. The van der Waals surface area contributed by atoms with Crippen LogP contribution in [0.15, 0.2) is 91.0 Å². The van der Waals surface area contributed by atoms with Gasteiger partial charge in [0, 0.05) is 5.69 Å². The molecule has 0 aliphatic rings. The van der Waals surface area contributed by atoms with Crippen molar-refractivity contribution in [3.05, 3.63) is 91.0 Å². The van der Waals surface area contributed by atoms with Crippen LogP contribution in [0.25, 0.3) is 0 Å². The molecule has 6 nitrogen and oxygen atoms in total. The maximum atomic E-state index is 13.7. The minimum atomic E-state index is -2.25. The average molecular weight is 418 g/mol. The zero-order valence-corrected chi connectivity index (χ0v) is 17.5. The summed E-state index contributed by atoms with van der Waals surface area (Å²) in [6.07, 6.45) is 1.24. The second kappa shape index (κ2) is 10.4. The first-order valence-electron chi connectivity index (χ1n) is 10.3. The number of aliphatic hydroxyl groups is 1. The van der Waals surface area contributed by atoms with Crippen molar-refractivity contribution in [3.8, 4) is 0 Å². The molecule has 3 rings (SSSR count). The highest BCUT2D eigenvalue weighted by Crippen LogP contribution is 2.25. The van der Waals surface area contributed by atoms with Gasteiger partial charge in [-0.3, -0.25) is 15.0 Å². The van der Waals surface area contributed by atoms with Crippen LogP contribution < -0.4 is 15.8 Å². The van der Waals surface area contributed by atoms with Crippen LogP contribution in [0.1, 0.15) is 26.2 Å². The number of unbranched alkanes of at least 4 members (excludes halogenated alkanes) is 1. The maximum absolute atomic E-state index is 13.7. The summed E-state index contributed by atoms with van der Waals surface area (Å²) >= 11 is 0. The van der Waals surface area contributed by atoms with Crippen LogP contribution in [0, 0.1) is 0 Å². The van der Waals surface area contributed by atoms with Gasteiger partial charge >= 0.3 is 0 Å². The van der Waals surface area contributed by atoms with E-state index in [0.717, 1.165) is 6.42 Å². The topological polar surface area (TPSA) is 81.7 Å². The molecule has 0 aromatic heterocycles. The van der Waals surface area contributed by atoms with Gasteiger partial charge in [-0.15, -0.1) is 0 Å². The molecule has 31 heavy (non-hydrogen) atoms. The van der Waals surface area contributed by atoms with E-state index in [1.807, 2.05) is 37.3 Å². The summed E-state index contributed by atoms with van der Waals surface area (Å²) in [4.78, 5) is 26.8. The number of hydrogen-bond acceptors (Lipinski definition) is 4. The van der Waals surface area contributed by atoms with Gasteiger partial charge in [0.2, 0.25) is 5.60 Å². The van der Waals surface area contributed by atoms with Crippen LogP contribution in [0.3, 0.4) is 0 Å². The summed E-state index contributed by atoms with van der Waals surface area (Å²) in [5.41, 5.74) is 2.47. The van der Waals surface area contributed by atoms with Crippen LogP contribution in [0.5, 0.6) is 0 Å². The number of carbonyl (C=O) groups excluding carboxylic acids is 2. The van der Waals surface area contributed by atoms with Gasteiger partial charge in [0.05, 0.1) is 11.4 Å². The van der Waals surface area contributed by atoms with E-state index in [2.05, 4.69) is 10.7 Å².